The topological polar surface area (TPSA) is 82.3 Å². The van der Waals surface area contributed by atoms with Crippen molar-refractivity contribution in [2.45, 2.75) is 39.3 Å². The highest BCUT2D eigenvalue weighted by Gasteiger charge is 2.41. The number of nitrogens with zero attached hydrogens (tertiary/aromatic N) is 1. The van der Waals surface area contributed by atoms with E-state index in [1.54, 1.807) is 4.90 Å². The number of nitrogens with one attached hydrogen (secondary N) is 2. The van der Waals surface area contributed by atoms with E-state index in [2.05, 4.69) is 42.4 Å². The van der Waals surface area contributed by atoms with Gasteiger partial charge in [-0.2, -0.15) is 0 Å². The van der Waals surface area contributed by atoms with Gasteiger partial charge in [0.15, 0.2) is 0 Å². The minimum absolute atomic E-state index is 0.167. The molecule has 0 bridgehead atoms. The molecule has 3 heterocycles. The largest absolute Gasteiger partial charge is 0.350 e. The number of aromatic amines is 1. The molecular formula is C19H21N3O3. The van der Waals surface area contributed by atoms with Gasteiger partial charge in [-0.3, -0.25) is 19.7 Å². The Kier molecular flexibility index (Phi) is 3.63. The van der Waals surface area contributed by atoms with E-state index in [0.29, 0.717) is 30.5 Å². The van der Waals surface area contributed by atoms with Crippen LogP contribution in [0.25, 0.3) is 12.2 Å². The smallest absolute Gasteiger partial charge is 0.271 e. The Morgan fingerprint density at radius 3 is 2.64 bits per heavy atom. The van der Waals surface area contributed by atoms with Crippen LogP contribution in [0.2, 0.25) is 0 Å². The Bertz CT molecular complexity index is 831. The van der Waals surface area contributed by atoms with Gasteiger partial charge < -0.3 is 9.88 Å². The van der Waals surface area contributed by atoms with Crippen LogP contribution < -0.4 is 5.32 Å². The lowest BCUT2D eigenvalue weighted by atomic mass is 9.95. The van der Waals surface area contributed by atoms with Crippen LogP contribution in [0.4, 0.5) is 0 Å². The molecule has 6 heteroatoms. The number of hydrogen-bond donors (Lipinski definition) is 2. The molecule has 1 fully saturated rings. The van der Waals surface area contributed by atoms with Crippen molar-refractivity contribution in [3.63, 3.8) is 0 Å². The zero-order valence-corrected chi connectivity index (χ0v) is 14.3. The average molecular weight is 339 g/mol. The standard InChI is InChI=1S/C19H21N3O3/c1-10(2)11-3-5-12-13-9-22(15-7-8-16(23)21-18(15)24)19(25)17(13)20-14(12)6-4-11/h3-6,10-11,15,20H,7-9H2,1-2H3,(H,21,23,24). The molecule has 2 aliphatic heterocycles. The molecule has 6 nitrogen and oxygen atoms in total. The molecule has 0 saturated carbocycles. The number of rotatable bonds is 2. The Hall–Kier alpha value is -2.63. The van der Waals surface area contributed by atoms with Crippen LogP contribution in [0.1, 0.15) is 54.0 Å². The van der Waals surface area contributed by atoms with Crippen LogP contribution in [0.3, 0.4) is 0 Å². The van der Waals surface area contributed by atoms with Crippen molar-refractivity contribution in [2.75, 3.05) is 0 Å². The lowest BCUT2D eigenvalue weighted by Gasteiger charge is -2.29. The Labute approximate surface area is 146 Å². The van der Waals surface area contributed by atoms with Crippen molar-refractivity contribution in [1.29, 1.82) is 0 Å². The van der Waals surface area contributed by atoms with Gasteiger partial charge in [0.25, 0.3) is 5.91 Å². The van der Waals surface area contributed by atoms with Gasteiger partial charge in [0.05, 0.1) is 0 Å². The number of fused-ring (bicyclic) bond motifs is 3. The number of aromatic nitrogens is 1. The number of allylic oxidation sites excluding steroid dienone is 2. The van der Waals surface area contributed by atoms with E-state index >= 15 is 0 Å². The summed E-state index contributed by atoms with van der Waals surface area (Å²) in [6.07, 6.45) is 9.10. The molecule has 2 unspecified atom stereocenters. The number of imide groups is 1. The predicted octanol–water partition coefficient (Wildman–Crippen LogP) is 2.09. The molecule has 0 aromatic carbocycles. The monoisotopic (exact) mass is 339 g/mol. The van der Waals surface area contributed by atoms with Crippen LogP contribution >= 0.6 is 0 Å². The van der Waals surface area contributed by atoms with E-state index in [9.17, 15) is 14.4 Å². The second-order valence-electron chi connectivity index (χ2n) is 7.25. The fraction of sp³-hybridized carbons (Fsp3) is 0.421. The number of carbonyl (C=O) groups is 3. The maximum atomic E-state index is 12.8. The summed E-state index contributed by atoms with van der Waals surface area (Å²) in [6, 6.07) is -0.574. The lowest BCUT2D eigenvalue weighted by Crippen LogP contribution is -2.52. The first-order valence-corrected chi connectivity index (χ1v) is 8.71. The first-order valence-electron chi connectivity index (χ1n) is 8.71. The van der Waals surface area contributed by atoms with Gasteiger partial charge in [0.1, 0.15) is 11.7 Å². The molecule has 25 heavy (non-hydrogen) atoms. The minimum Gasteiger partial charge on any atom is -0.350 e. The van der Waals surface area contributed by atoms with E-state index in [-0.39, 0.29) is 24.1 Å². The van der Waals surface area contributed by atoms with Crippen LogP contribution in [-0.4, -0.2) is 33.6 Å². The second-order valence-corrected chi connectivity index (χ2v) is 7.25. The number of hydrogen-bond acceptors (Lipinski definition) is 3. The summed E-state index contributed by atoms with van der Waals surface area (Å²) < 4.78 is 0. The fourth-order valence-corrected chi connectivity index (χ4v) is 3.78. The van der Waals surface area contributed by atoms with E-state index in [0.717, 1.165) is 16.8 Å². The summed E-state index contributed by atoms with van der Waals surface area (Å²) >= 11 is 0. The third-order valence-electron chi connectivity index (χ3n) is 5.31. The van der Waals surface area contributed by atoms with Gasteiger partial charge in [-0.1, -0.05) is 32.1 Å². The van der Waals surface area contributed by atoms with E-state index in [1.807, 2.05) is 6.08 Å². The average Bonchev–Trinajstić information content (AvgIpc) is 2.95. The van der Waals surface area contributed by atoms with Gasteiger partial charge in [-0.25, -0.2) is 0 Å². The fourth-order valence-electron chi connectivity index (χ4n) is 3.78. The molecule has 0 spiro atoms. The Morgan fingerprint density at radius 1 is 1.16 bits per heavy atom. The van der Waals surface area contributed by atoms with Crippen LogP contribution in [0, 0.1) is 11.8 Å². The molecule has 1 saturated heterocycles. The van der Waals surface area contributed by atoms with Crippen LogP contribution in [0.5, 0.6) is 0 Å². The summed E-state index contributed by atoms with van der Waals surface area (Å²) in [5.74, 6) is 0.0509. The normalized spacial score (nSPS) is 25.2. The summed E-state index contributed by atoms with van der Waals surface area (Å²) in [5.41, 5.74) is 3.47. The molecule has 130 valence electrons. The third kappa shape index (κ3) is 2.52. The highest BCUT2D eigenvalue weighted by molar-refractivity contribution is 6.05. The van der Waals surface area contributed by atoms with Crippen molar-refractivity contribution in [3.8, 4) is 0 Å². The summed E-state index contributed by atoms with van der Waals surface area (Å²) in [6.45, 7) is 4.76. The first-order chi connectivity index (χ1) is 12.0. The highest BCUT2D eigenvalue weighted by atomic mass is 16.2. The van der Waals surface area contributed by atoms with Gasteiger partial charge in [-0.05, 0) is 24.3 Å². The molecule has 4 rings (SSSR count). The molecule has 2 atom stereocenters. The second kappa shape index (κ2) is 5.72. The molecule has 3 amide bonds. The van der Waals surface area contributed by atoms with Gasteiger partial charge >= 0.3 is 0 Å². The molecule has 2 N–H and O–H groups in total. The summed E-state index contributed by atoms with van der Waals surface area (Å²) in [7, 11) is 0. The van der Waals surface area contributed by atoms with Crippen molar-refractivity contribution < 1.29 is 14.4 Å². The zero-order chi connectivity index (χ0) is 17.7. The van der Waals surface area contributed by atoms with Gasteiger partial charge in [0.2, 0.25) is 11.8 Å². The summed E-state index contributed by atoms with van der Waals surface area (Å²) in [5, 5.41) is 2.33. The first kappa shape index (κ1) is 15.9. The zero-order valence-electron chi connectivity index (χ0n) is 14.3. The SMILES string of the molecule is CC(C)C1C=Cc2[nH]c3c(c2C=C1)CN(C1CCC(=O)NC1=O)C3=O. The molecular weight excluding hydrogens is 318 g/mol. The number of carbonyl (C=O) groups excluding carboxylic acids is 3. The number of amides is 3. The molecule has 1 aromatic rings. The van der Waals surface area contributed by atoms with E-state index < -0.39 is 6.04 Å². The van der Waals surface area contributed by atoms with Crippen molar-refractivity contribution in [2.24, 2.45) is 11.8 Å². The van der Waals surface area contributed by atoms with E-state index in [1.165, 1.54) is 0 Å². The van der Waals surface area contributed by atoms with Crippen molar-refractivity contribution in [1.82, 2.24) is 15.2 Å². The van der Waals surface area contributed by atoms with Gasteiger partial charge in [0, 0.05) is 29.8 Å². The molecule has 3 aliphatic rings. The Morgan fingerprint density at radius 2 is 1.92 bits per heavy atom. The maximum Gasteiger partial charge on any atom is 0.271 e. The quantitative estimate of drug-likeness (QED) is 0.810. The van der Waals surface area contributed by atoms with Gasteiger partial charge in [-0.15, -0.1) is 0 Å². The molecule has 0 radical (unpaired) electrons. The molecule has 1 aromatic heterocycles. The Balaban J connectivity index is 1.63. The highest BCUT2D eigenvalue weighted by Crippen LogP contribution is 2.34. The third-order valence-corrected chi connectivity index (χ3v) is 5.31. The number of piperidine rings is 1. The van der Waals surface area contributed by atoms with E-state index in [4.69, 9.17) is 0 Å². The van der Waals surface area contributed by atoms with Crippen molar-refractivity contribution in [3.05, 3.63) is 34.7 Å². The van der Waals surface area contributed by atoms with Crippen molar-refractivity contribution >= 4 is 29.9 Å². The lowest BCUT2D eigenvalue weighted by molar-refractivity contribution is -0.136. The minimum atomic E-state index is -0.574. The molecule has 1 aliphatic carbocycles. The maximum absolute atomic E-state index is 12.8. The predicted molar refractivity (Wildman–Crippen MR) is 93.2 cm³/mol. The number of H-pyrrole nitrogens is 1. The van der Waals surface area contributed by atoms with Crippen LogP contribution in [0.15, 0.2) is 12.2 Å². The van der Waals surface area contributed by atoms with Crippen LogP contribution in [-0.2, 0) is 16.1 Å². The summed E-state index contributed by atoms with van der Waals surface area (Å²) in [4.78, 5) is 41.0.